The molecule has 126 valence electrons. The summed E-state index contributed by atoms with van der Waals surface area (Å²) in [5.74, 6) is 0.136. The Morgan fingerprint density at radius 3 is 2.43 bits per heavy atom. The predicted octanol–water partition coefficient (Wildman–Crippen LogP) is 1.40. The van der Waals surface area contributed by atoms with Crippen molar-refractivity contribution in [3.8, 4) is 0 Å². The Hall–Kier alpha value is -0.0300. The fraction of sp³-hybridized carbons (Fsp3) is 1.00. The third kappa shape index (κ3) is 7.68. The maximum absolute atomic E-state index is 11.9. The zero-order valence-corrected chi connectivity index (χ0v) is 13.6. The monoisotopic (exact) mass is 349 g/mol. The zero-order chi connectivity index (χ0) is 15.9. The van der Waals surface area contributed by atoms with Crippen LogP contribution in [0.25, 0.3) is 0 Å². The lowest BCUT2D eigenvalue weighted by molar-refractivity contribution is -0.0327. The topological polar surface area (TPSA) is 61.4 Å². The van der Waals surface area contributed by atoms with Gasteiger partial charge in [0.2, 0.25) is 0 Å². The van der Waals surface area contributed by atoms with Crippen LogP contribution < -0.4 is 10.0 Å². The number of piperidine rings is 1. The fourth-order valence-electron chi connectivity index (χ4n) is 2.13. The SMILES string of the molecule is CCNCC1CCN(S(=O)(=O)NCCSC(F)(F)F)CC1. The molecule has 1 fully saturated rings. The van der Waals surface area contributed by atoms with Gasteiger partial charge in [-0.25, -0.2) is 4.72 Å². The second kappa shape index (κ2) is 8.56. The van der Waals surface area contributed by atoms with E-state index in [1.807, 2.05) is 6.92 Å². The first-order chi connectivity index (χ1) is 9.74. The zero-order valence-electron chi connectivity index (χ0n) is 11.9. The van der Waals surface area contributed by atoms with E-state index in [2.05, 4.69) is 10.0 Å². The van der Waals surface area contributed by atoms with Gasteiger partial charge in [0.1, 0.15) is 0 Å². The van der Waals surface area contributed by atoms with Crippen LogP contribution in [0.2, 0.25) is 0 Å². The molecule has 1 aliphatic heterocycles. The molecule has 1 aliphatic rings. The van der Waals surface area contributed by atoms with E-state index in [9.17, 15) is 21.6 Å². The number of nitrogens with zero attached hydrogens (tertiary/aromatic N) is 1. The molecule has 0 saturated carbocycles. The molecule has 5 nitrogen and oxygen atoms in total. The Balaban J connectivity index is 2.29. The Morgan fingerprint density at radius 1 is 1.29 bits per heavy atom. The van der Waals surface area contributed by atoms with Gasteiger partial charge < -0.3 is 5.32 Å². The average Bonchev–Trinajstić information content (AvgIpc) is 2.41. The second-order valence-corrected chi connectivity index (χ2v) is 7.76. The Labute approximate surface area is 128 Å². The van der Waals surface area contributed by atoms with Crippen molar-refractivity contribution in [2.75, 3.05) is 38.5 Å². The van der Waals surface area contributed by atoms with Gasteiger partial charge in [-0.2, -0.15) is 25.9 Å². The minimum Gasteiger partial charge on any atom is -0.317 e. The maximum Gasteiger partial charge on any atom is 0.441 e. The first-order valence-electron chi connectivity index (χ1n) is 6.90. The van der Waals surface area contributed by atoms with E-state index < -0.39 is 15.7 Å². The molecule has 0 spiro atoms. The van der Waals surface area contributed by atoms with Crippen LogP contribution >= 0.6 is 11.8 Å². The van der Waals surface area contributed by atoms with Gasteiger partial charge in [-0.1, -0.05) is 6.92 Å². The van der Waals surface area contributed by atoms with E-state index in [1.165, 1.54) is 4.31 Å². The normalized spacial score (nSPS) is 19.0. The molecular formula is C11H22F3N3O2S2. The number of hydrogen-bond acceptors (Lipinski definition) is 4. The van der Waals surface area contributed by atoms with Crippen molar-refractivity contribution in [3.05, 3.63) is 0 Å². The third-order valence-corrected chi connectivity index (χ3v) is 5.60. The smallest absolute Gasteiger partial charge is 0.317 e. The molecule has 21 heavy (non-hydrogen) atoms. The number of halogens is 3. The highest BCUT2D eigenvalue weighted by molar-refractivity contribution is 8.00. The van der Waals surface area contributed by atoms with Crippen molar-refractivity contribution in [2.45, 2.75) is 25.3 Å². The summed E-state index contributed by atoms with van der Waals surface area (Å²) in [7, 11) is -3.66. The molecule has 0 aromatic heterocycles. The van der Waals surface area contributed by atoms with Crippen LogP contribution in [0.1, 0.15) is 19.8 Å². The number of alkyl halides is 3. The summed E-state index contributed by atoms with van der Waals surface area (Å²) in [4.78, 5) is 0. The number of thioether (sulfide) groups is 1. The van der Waals surface area contributed by atoms with Gasteiger partial charge in [0, 0.05) is 25.4 Å². The summed E-state index contributed by atoms with van der Waals surface area (Å²) in [6, 6.07) is 0. The molecule has 0 atom stereocenters. The van der Waals surface area contributed by atoms with Gasteiger partial charge in [0.25, 0.3) is 10.2 Å². The van der Waals surface area contributed by atoms with Gasteiger partial charge in [0.15, 0.2) is 0 Å². The average molecular weight is 349 g/mol. The second-order valence-electron chi connectivity index (χ2n) is 4.84. The Bertz CT molecular complexity index is 396. The van der Waals surface area contributed by atoms with Crippen molar-refractivity contribution >= 4 is 22.0 Å². The summed E-state index contributed by atoms with van der Waals surface area (Å²) >= 11 is -0.223. The molecule has 1 rings (SSSR count). The third-order valence-electron chi connectivity index (χ3n) is 3.25. The molecule has 1 heterocycles. The standard InChI is InChI=1S/C11H22F3N3O2S2/c1-2-15-9-10-3-6-17(7-4-10)21(18,19)16-5-8-20-11(12,13)14/h10,15-16H,2-9H2,1H3. The lowest BCUT2D eigenvalue weighted by atomic mass is 9.98. The van der Waals surface area contributed by atoms with E-state index in [4.69, 9.17) is 0 Å². The first-order valence-corrected chi connectivity index (χ1v) is 9.33. The highest BCUT2D eigenvalue weighted by Gasteiger charge is 2.29. The molecular weight excluding hydrogens is 327 g/mol. The highest BCUT2D eigenvalue weighted by atomic mass is 32.2. The van der Waals surface area contributed by atoms with Crippen LogP contribution in [0.4, 0.5) is 13.2 Å². The summed E-state index contributed by atoms with van der Waals surface area (Å²) in [5, 5.41) is 3.23. The van der Waals surface area contributed by atoms with Crippen LogP contribution in [0.15, 0.2) is 0 Å². The van der Waals surface area contributed by atoms with E-state index in [1.54, 1.807) is 0 Å². The van der Waals surface area contributed by atoms with Gasteiger partial charge in [0.05, 0.1) is 0 Å². The van der Waals surface area contributed by atoms with Crippen LogP contribution in [0, 0.1) is 5.92 Å². The van der Waals surface area contributed by atoms with E-state index >= 15 is 0 Å². The van der Waals surface area contributed by atoms with Crippen molar-refractivity contribution in [2.24, 2.45) is 5.92 Å². The molecule has 1 saturated heterocycles. The van der Waals surface area contributed by atoms with Crippen molar-refractivity contribution in [3.63, 3.8) is 0 Å². The van der Waals surface area contributed by atoms with Crippen molar-refractivity contribution < 1.29 is 21.6 Å². The van der Waals surface area contributed by atoms with Crippen molar-refractivity contribution in [1.29, 1.82) is 0 Å². The van der Waals surface area contributed by atoms with Gasteiger partial charge >= 0.3 is 5.51 Å². The minimum absolute atomic E-state index is 0.218. The molecule has 2 N–H and O–H groups in total. The number of rotatable bonds is 8. The molecule has 0 unspecified atom stereocenters. The predicted molar refractivity (Wildman–Crippen MR) is 78.3 cm³/mol. The van der Waals surface area contributed by atoms with E-state index in [0.717, 1.165) is 25.9 Å². The quantitative estimate of drug-likeness (QED) is 0.650. The molecule has 0 amide bonds. The van der Waals surface area contributed by atoms with Crippen LogP contribution in [0.5, 0.6) is 0 Å². The summed E-state index contributed by atoms with van der Waals surface area (Å²) < 4.78 is 63.2. The molecule has 0 aliphatic carbocycles. The van der Waals surface area contributed by atoms with Crippen LogP contribution in [-0.4, -0.2) is 56.7 Å². The summed E-state index contributed by atoms with van der Waals surface area (Å²) in [5.41, 5.74) is -4.32. The Kier molecular flexibility index (Phi) is 7.75. The maximum atomic E-state index is 11.9. The molecule has 0 aromatic carbocycles. The lowest BCUT2D eigenvalue weighted by Crippen LogP contribution is -2.46. The first kappa shape index (κ1) is 19.0. The van der Waals surface area contributed by atoms with Crippen LogP contribution in [-0.2, 0) is 10.2 Å². The fourth-order valence-corrected chi connectivity index (χ4v) is 3.93. The number of hydrogen-bond donors (Lipinski definition) is 2. The van der Waals surface area contributed by atoms with Gasteiger partial charge in [-0.15, -0.1) is 0 Å². The minimum atomic E-state index is -4.32. The molecule has 10 heteroatoms. The molecule has 0 aromatic rings. The lowest BCUT2D eigenvalue weighted by Gasteiger charge is -2.31. The van der Waals surface area contributed by atoms with Crippen molar-refractivity contribution in [1.82, 2.24) is 14.3 Å². The van der Waals surface area contributed by atoms with Gasteiger partial charge in [-0.3, -0.25) is 0 Å². The molecule has 0 radical (unpaired) electrons. The van der Waals surface area contributed by atoms with E-state index in [-0.39, 0.29) is 24.1 Å². The summed E-state index contributed by atoms with van der Waals surface area (Å²) in [6.07, 6.45) is 1.54. The summed E-state index contributed by atoms with van der Waals surface area (Å²) in [6.45, 7) is 4.39. The highest BCUT2D eigenvalue weighted by Crippen LogP contribution is 2.29. The number of nitrogens with one attached hydrogen (secondary N) is 2. The van der Waals surface area contributed by atoms with E-state index in [0.29, 0.717) is 19.0 Å². The van der Waals surface area contributed by atoms with Gasteiger partial charge in [-0.05, 0) is 43.6 Å². The molecule has 0 bridgehead atoms. The van der Waals surface area contributed by atoms with Crippen LogP contribution in [0.3, 0.4) is 0 Å². The Morgan fingerprint density at radius 2 is 1.90 bits per heavy atom. The largest absolute Gasteiger partial charge is 0.441 e.